The average Bonchev–Trinajstić information content (AvgIpc) is 3.29. The van der Waals surface area contributed by atoms with Crippen LogP contribution in [0, 0.1) is 0 Å². The van der Waals surface area contributed by atoms with E-state index >= 15 is 0 Å². The van der Waals surface area contributed by atoms with Crippen LogP contribution in [0.5, 0.6) is 0 Å². The molecule has 2 N–H and O–H groups in total. The largest absolute Gasteiger partial charge is 0.459 e. The molecule has 0 spiro atoms. The zero-order valence-corrected chi connectivity index (χ0v) is 14.7. The maximum atomic E-state index is 12.0. The van der Waals surface area contributed by atoms with E-state index in [9.17, 15) is 9.59 Å². The van der Waals surface area contributed by atoms with Gasteiger partial charge in [-0.05, 0) is 24.3 Å². The van der Waals surface area contributed by atoms with Crippen molar-refractivity contribution in [3.63, 3.8) is 0 Å². The van der Waals surface area contributed by atoms with E-state index in [1.54, 1.807) is 48.3 Å². The van der Waals surface area contributed by atoms with Gasteiger partial charge in [0.25, 0.3) is 5.91 Å². The summed E-state index contributed by atoms with van der Waals surface area (Å²) in [5, 5.41) is 14.1. The van der Waals surface area contributed by atoms with Crippen LogP contribution < -0.4 is 10.6 Å². The Morgan fingerprint density at radius 1 is 1.27 bits per heavy atom. The molecule has 3 heterocycles. The number of anilines is 1. The van der Waals surface area contributed by atoms with E-state index in [2.05, 4.69) is 25.8 Å². The van der Waals surface area contributed by atoms with Crippen LogP contribution in [-0.2, 0) is 18.4 Å². The second kappa shape index (κ2) is 8.30. The number of carbonyl (C=O) groups excluding carboxylic acids is 2. The first-order valence-corrected chi connectivity index (χ1v) is 8.64. The molecule has 0 saturated carbocycles. The molecule has 0 aliphatic rings. The number of nitrogens with zero attached hydrogens (tertiary/aromatic N) is 4. The fourth-order valence-electron chi connectivity index (χ4n) is 2.04. The Morgan fingerprint density at radius 2 is 2.15 bits per heavy atom. The van der Waals surface area contributed by atoms with E-state index in [-0.39, 0.29) is 29.9 Å². The minimum absolute atomic E-state index is 0.168. The monoisotopic (exact) mass is 372 g/mol. The van der Waals surface area contributed by atoms with Gasteiger partial charge in [0.15, 0.2) is 16.7 Å². The molecule has 134 valence electrons. The van der Waals surface area contributed by atoms with Crippen LogP contribution in [-0.4, -0.2) is 37.3 Å². The summed E-state index contributed by atoms with van der Waals surface area (Å²) in [6.07, 6.45) is 4.64. The van der Waals surface area contributed by atoms with Gasteiger partial charge < -0.3 is 19.6 Å². The van der Waals surface area contributed by atoms with Crippen LogP contribution >= 0.6 is 11.8 Å². The number of pyridine rings is 1. The number of furan rings is 1. The molecule has 0 aliphatic heterocycles. The Kier molecular flexibility index (Phi) is 5.64. The van der Waals surface area contributed by atoms with Gasteiger partial charge >= 0.3 is 0 Å². The zero-order chi connectivity index (χ0) is 18.4. The fraction of sp³-hybridized carbons (Fsp3) is 0.188. The molecule has 0 fully saturated rings. The van der Waals surface area contributed by atoms with Gasteiger partial charge in [0.05, 0.1) is 30.4 Å². The second-order valence-electron chi connectivity index (χ2n) is 5.20. The number of rotatable bonds is 7. The van der Waals surface area contributed by atoms with Crippen LogP contribution in [0.4, 0.5) is 5.69 Å². The summed E-state index contributed by atoms with van der Waals surface area (Å²) in [5.41, 5.74) is 0.636. The number of carbonyl (C=O) groups is 2. The highest BCUT2D eigenvalue weighted by molar-refractivity contribution is 7.99. The smallest absolute Gasteiger partial charge is 0.287 e. The molecule has 3 rings (SSSR count). The molecule has 0 aromatic carbocycles. The summed E-state index contributed by atoms with van der Waals surface area (Å²) in [6, 6.07) is 6.73. The van der Waals surface area contributed by atoms with Crippen molar-refractivity contribution in [1.82, 2.24) is 25.1 Å². The lowest BCUT2D eigenvalue weighted by molar-refractivity contribution is -0.113. The molecular formula is C16H16N6O3S. The molecule has 3 aromatic heterocycles. The van der Waals surface area contributed by atoms with Gasteiger partial charge in [-0.1, -0.05) is 11.8 Å². The molecule has 9 nitrogen and oxygen atoms in total. The highest BCUT2D eigenvalue weighted by Gasteiger charge is 2.14. The van der Waals surface area contributed by atoms with Crippen molar-refractivity contribution in [3.8, 4) is 0 Å². The predicted molar refractivity (Wildman–Crippen MR) is 94.5 cm³/mol. The first-order valence-electron chi connectivity index (χ1n) is 7.66. The number of hydrogen-bond acceptors (Lipinski definition) is 7. The number of nitrogens with one attached hydrogen (secondary N) is 2. The molecule has 3 aromatic rings. The molecule has 0 saturated heterocycles. The van der Waals surface area contributed by atoms with Crippen molar-refractivity contribution in [1.29, 1.82) is 0 Å². The SMILES string of the molecule is Cn1c(CNC(=O)c2ccco2)nnc1SCC(=O)Nc1cccnc1. The molecule has 0 bridgehead atoms. The fourth-order valence-corrected chi connectivity index (χ4v) is 2.77. The molecule has 0 atom stereocenters. The van der Waals surface area contributed by atoms with Crippen LogP contribution in [0.2, 0.25) is 0 Å². The van der Waals surface area contributed by atoms with E-state index in [1.165, 1.54) is 18.0 Å². The van der Waals surface area contributed by atoms with Crippen molar-refractivity contribution >= 4 is 29.3 Å². The lowest BCUT2D eigenvalue weighted by atomic mass is 10.4. The first kappa shape index (κ1) is 17.7. The summed E-state index contributed by atoms with van der Waals surface area (Å²) in [4.78, 5) is 27.8. The van der Waals surface area contributed by atoms with E-state index in [0.29, 0.717) is 16.7 Å². The molecule has 26 heavy (non-hydrogen) atoms. The summed E-state index contributed by atoms with van der Waals surface area (Å²) >= 11 is 1.25. The number of aromatic nitrogens is 4. The highest BCUT2D eigenvalue weighted by atomic mass is 32.2. The molecular weight excluding hydrogens is 356 g/mol. The number of hydrogen-bond donors (Lipinski definition) is 2. The maximum absolute atomic E-state index is 12.0. The van der Waals surface area contributed by atoms with Gasteiger partial charge in [-0.3, -0.25) is 14.6 Å². The van der Waals surface area contributed by atoms with E-state index < -0.39 is 0 Å². The third-order valence-corrected chi connectivity index (χ3v) is 4.37. The molecule has 0 radical (unpaired) electrons. The molecule has 10 heteroatoms. The van der Waals surface area contributed by atoms with Crippen LogP contribution in [0.15, 0.2) is 52.5 Å². The normalized spacial score (nSPS) is 10.5. The molecule has 0 aliphatic carbocycles. The Balaban J connectivity index is 1.50. The van der Waals surface area contributed by atoms with E-state index in [0.717, 1.165) is 0 Å². The lowest BCUT2D eigenvalue weighted by Crippen LogP contribution is -2.24. The Hall–Kier alpha value is -3.14. The quantitative estimate of drug-likeness (QED) is 0.603. The van der Waals surface area contributed by atoms with Crippen LogP contribution in [0.25, 0.3) is 0 Å². The first-order chi connectivity index (χ1) is 12.6. The van der Waals surface area contributed by atoms with E-state index in [4.69, 9.17) is 4.42 Å². The van der Waals surface area contributed by atoms with Gasteiger partial charge in [0.1, 0.15) is 0 Å². The van der Waals surface area contributed by atoms with Gasteiger partial charge in [0.2, 0.25) is 5.91 Å². The standard InChI is InChI=1S/C16H16N6O3S/c1-22-13(9-18-15(24)12-5-3-7-25-12)20-21-16(22)26-10-14(23)19-11-4-2-6-17-8-11/h2-8H,9-10H2,1H3,(H,18,24)(H,19,23). The van der Waals surface area contributed by atoms with Crippen molar-refractivity contribution in [2.45, 2.75) is 11.7 Å². The molecule has 0 unspecified atom stereocenters. The molecule has 2 amide bonds. The van der Waals surface area contributed by atoms with Crippen molar-refractivity contribution in [2.75, 3.05) is 11.1 Å². The average molecular weight is 372 g/mol. The summed E-state index contributed by atoms with van der Waals surface area (Å²) in [6.45, 7) is 0.200. The maximum Gasteiger partial charge on any atom is 0.287 e. The summed E-state index contributed by atoms with van der Waals surface area (Å²) < 4.78 is 6.75. The minimum atomic E-state index is -0.331. The zero-order valence-electron chi connectivity index (χ0n) is 13.9. The van der Waals surface area contributed by atoms with Gasteiger partial charge in [-0.2, -0.15) is 0 Å². The topological polar surface area (TPSA) is 115 Å². The van der Waals surface area contributed by atoms with Crippen molar-refractivity contribution < 1.29 is 14.0 Å². The number of thioether (sulfide) groups is 1. The predicted octanol–water partition coefficient (Wildman–Crippen LogP) is 1.46. The van der Waals surface area contributed by atoms with Crippen LogP contribution in [0.1, 0.15) is 16.4 Å². The van der Waals surface area contributed by atoms with Gasteiger partial charge in [-0.15, -0.1) is 10.2 Å². The minimum Gasteiger partial charge on any atom is -0.459 e. The van der Waals surface area contributed by atoms with Gasteiger partial charge in [-0.25, -0.2) is 0 Å². The third-order valence-electron chi connectivity index (χ3n) is 3.35. The Labute approximate surface area is 153 Å². The number of amides is 2. The highest BCUT2D eigenvalue weighted by Crippen LogP contribution is 2.16. The van der Waals surface area contributed by atoms with E-state index in [1.807, 2.05) is 0 Å². The van der Waals surface area contributed by atoms with Crippen molar-refractivity contribution in [3.05, 3.63) is 54.5 Å². The van der Waals surface area contributed by atoms with Gasteiger partial charge in [0, 0.05) is 13.2 Å². The van der Waals surface area contributed by atoms with Crippen LogP contribution in [0.3, 0.4) is 0 Å². The van der Waals surface area contributed by atoms with Crippen molar-refractivity contribution in [2.24, 2.45) is 7.05 Å². The Morgan fingerprint density at radius 3 is 2.88 bits per heavy atom. The lowest BCUT2D eigenvalue weighted by Gasteiger charge is -2.06. The second-order valence-corrected chi connectivity index (χ2v) is 6.14. The Bertz CT molecular complexity index is 879. The summed E-state index contributed by atoms with van der Waals surface area (Å²) in [5.74, 6) is 0.482. The summed E-state index contributed by atoms with van der Waals surface area (Å²) in [7, 11) is 1.77. The third kappa shape index (κ3) is 4.48.